The van der Waals surface area contributed by atoms with Crippen LogP contribution in [0.4, 0.5) is 11.8 Å². The predicted molar refractivity (Wildman–Crippen MR) is 117 cm³/mol. The molecule has 0 amide bonds. The van der Waals surface area contributed by atoms with Crippen LogP contribution in [0.2, 0.25) is 0 Å². The molecular formula is C23H27N5O. The zero-order valence-electron chi connectivity index (χ0n) is 16.6. The van der Waals surface area contributed by atoms with E-state index in [-0.39, 0.29) is 0 Å². The third-order valence-electron chi connectivity index (χ3n) is 4.93. The number of aromatic nitrogens is 2. The Morgan fingerprint density at radius 1 is 0.862 bits per heavy atom. The van der Waals surface area contributed by atoms with E-state index in [1.54, 1.807) is 0 Å². The van der Waals surface area contributed by atoms with E-state index in [9.17, 15) is 0 Å². The summed E-state index contributed by atoms with van der Waals surface area (Å²) in [4.78, 5) is 11.8. The first-order chi connectivity index (χ1) is 14.4. The molecule has 1 saturated heterocycles. The van der Waals surface area contributed by atoms with Gasteiger partial charge < -0.3 is 15.4 Å². The second-order valence-electron chi connectivity index (χ2n) is 7.05. The van der Waals surface area contributed by atoms with Crippen molar-refractivity contribution < 1.29 is 4.74 Å². The Hall–Kier alpha value is -2.96. The van der Waals surface area contributed by atoms with E-state index in [4.69, 9.17) is 9.72 Å². The van der Waals surface area contributed by atoms with Crippen molar-refractivity contribution in [3.8, 4) is 11.3 Å². The molecule has 1 aliphatic rings. The number of nitrogens with zero attached hydrogens (tertiary/aromatic N) is 3. The first kappa shape index (κ1) is 19.4. The van der Waals surface area contributed by atoms with E-state index < -0.39 is 0 Å². The lowest BCUT2D eigenvalue weighted by Crippen LogP contribution is -2.39. The van der Waals surface area contributed by atoms with Gasteiger partial charge in [0.2, 0.25) is 5.95 Å². The number of benzene rings is 2. The number of nitrogens with one attached hydrogen (secondary N) is 2. The third kappa shape index (κ3) is 5.76. The van der Waals surface area contributed by atoms with Gasteiger partial charge in [-0.25, -0.2) is 4.98 Å². The van der Waals surface area contributed by atoms with E-state index in [1.165, 1.54) is 5.56 Å². The van der Waals surface area contributed by atoms with Crippen LogP contribution in [0.3, 0.4) is 0 Å². The average Bonchev–Trinajstić information content (AvgIpc) is 2.80. The molecule has 2 aromatic carbocycles. The van der Waals surface area contributed by atoms with Gasteiger partial charge in [-0.05, 0) is 5.56 Å². The Labute approximate surface area is 172 Å². The molecule has 0 atom stereocenters. The fourth-order valence-corrected chi connectivity index (χ4v) is 3.32. The molecule has 1 aromatic heterocycles. The number of morpholine rings is 1. The largest absolute Gasteiger partial charge is 0.379 e. The Kier molecular flexibility index (Phi) is 6.68. The molecule has 2 N–H and O–H groups in total. The maximum Gasteiger partial charge on any atom is 0.225 e. The molecule has 6 nitrogen and oxygen atoms in total. The van der Waals surface area contributed by atoms with Crippen LogP contribution in [0.5, 0.6) is 0 Å². The lowest BCUT2D eigenvalue weighted by atomic mass is 10.1. The molecule has 150 valence electrons. The number of anilines is 2. The molecular weight excluding hydrogens is 362 g/mol. The summed E-state index contributed by atoms with van der Waals surface area (Å²) in [6.45, 7) is 6.12. The van der Waals surface area contributed by atoms with Gasteiger partial charge in [0.05, 0.1) is 18.9 Å². The second kappa shape index (κ2) is 10.0. The quantitative estimate of drug-likeness (QED) is 0.615. The van der Waals surface area contributed by atoms with Crippen LogP contribution < -0.4 is 10.6 Å². The van der Waals surface area contributed by atoms with Crippen LogP contribution in [0, 0.1) is 0 Å². The van der Waals surface area contributed by atoms with Crippen LogP contribution in [-0.2, 0) is 11.3 Å². The highest BCUT2D eigenvalue weighted by atomic mass is 16.5. The van der Waals surface area contributed by atoms with Crippen molar-refractivity contribution in [2.24, 2.45) is 0 Å². The number of rotatable bonds is 8. The molecule has 2 heterocycles. The minimum atomic E-state index is 0.629. The third-order valence-corrected chi connectivity index (χ3v) is 4.93. The Bertz CT molecular complexity index is 882. The zero-order valence-corrected chi connectivity index (χ0v) is 16.6. The molecule has 1 fully saturated rings. The van der Waals surface area contributed by atoms with Crippen molar-refractivity contribution in [1.82, 2.24) is 14.9 Å². The Morgan fingerprint density at radius 2 is 1.59 bits per heavy atom. The van der Waals surface area contributed by atoms with Gasteiger partial charge in [0.15, 0.2) is 0 Å². The van der Waals surface area contributed by atoms with E-state index in [0.29, 0.717) is 12.5 Å². The van der Waals surface area contributed by atoms with Crippen molar-refractivity contribution >= 4 is 11.8 Å². The topological polar surface area (TPSA) is 62.3 Å². The number of hydrogen-bond acceptors (Lipinski definition) is 6. The van der Waals surface area contributed by atoms with Gasteiger partial charge in [-0.2, -0.15) is 4.98 Å². The van der Waals surface area contributed by atoms with Gasteiger partial charge in [-0.1, -0.05) is 60.7 Å². The highest BCUT2D eigenvalue weighted by molar-refractivity contribution is 5.64. The highest BCUT2D eigenvalue weighted by Gasteiger charge is 2.11. The molecule has 6 heteroatoms. The molecule has 0 unspecified atom stereocenters. The standard InChI is InChI=1S/C23H27N5O/c1-3-7-19(8-4-1)18-25-23-26-21(20-9-5-2-6-10-20)17-22(27-23)24-11-12-28-13-15-29-16-14-28/h1-10,17H,11-16,18H2,(H2,24,25,26,27). The average molecular weight is 390 g/mol. The van der Waals surface area contributed by atoms with E-state index in [2.05, 4.69) is 44.8 Å². The van der Waals surface area contributed by atoms with Crippen LogP contribution in [0.1, 0.15) is 5.56 Å². The van der Waals surface area contributed by atoms with Crippen LogP contribution in [0.25, 0.3) is 11.3 Å². The summed E-state index contributed by atoms with van der Waals surface area (Å²) in [5.74, 6) is 1.46. The molecule has 0 bridgehead atoms. The summed E-state index contributed by atoms with van der Waals surface area (Å²) in [6, 6.07) is 22.5. The lowest BCUT2D eigenvalue weighted by Gasteiger charge is -2.26. The maximum atomic E-state index is 5.42. The molecule has 0 saturated carbocycles. The molecule has 0 radical (unpaired) electrons. The van der Waals surface area contributed by atoms with Gasteiger partial charge in [-0.3, -0.25) is 4.90 Å². The Balaban J connectivity index is 1.46. The fourth-order valence-electron chi connectivity index (χ4n) is 3.32. The summed E-state index contributed by atoms with van der Waals surface area (Å²) >= 11 is 0. The number of hydrogen-bond donors (Lipinski definition) is 2. The molecule has 4 rings (SSSR count). The van der Waals surface area contributed by atoms with Gasteiger partial charge >= 0.3 is 0 Å². The van der Waals surface area contributed by atoms with Crippen molar-refractivity contribution in [3.05, 3.63) is 72.3 Å². The van der Waals surface area contributed by atoms with E-state index in [0.717, 1.165) is 56.5 Å². The lowest BCUT2D eigenvalue weighted by molar-refractivity contribution is 0.0398. The summed E-state index contributed by atoms with van der Waals surface area (Å²) in [5, 5.41) is 6.83. The van der Waals surface area contributed by atoms with Crippen LogP contribution >= 0.6 is 0 Å². The van der Waals surface area contributed by atoms with Crippen molar-refractivity contribution in [2.45, 2.75) is 6.54 Å². The van der Waals surface area contributed by atoms with Gasteiger partial charge in [0, 0.05) is 44.4 Å². The monoisotopic (exact) mass is 389 g/mol. The molecule has 1 aliphatic heterocycles. The normalized spacial score (nSPS) is 14.5. The van der Waals surface area contributed by atoms with Gasteiger partial charge in [0.25, 0.3) is 0 Å². The summed E-state index contributed by atoms with van der Waals surface area (Å²) in [5.41, 5.74) is 3.18. The maximum absolute atomic E-state index is 5.42. The van der Waals surface area contributed by atoms with Crippen molar-refractivity contribution in [1.29, 1.82) is 0 Å². The van der Waals surface area contributed by atoms with Gasteiger partial charge in [0.1, 0.15) is 5.82 Å². The number of ether oxygens (including phenoxy) is 1. The first-order valence-corrected chi connectivity index (χ1v) is 10.1. The summed E-state index contributed by atoms with van der Waals surface area (Å²) in [7, 11) is 0. The molecule has 29 heavy (non-hydrogen) atoms. The molecule has 3 aromatic rings. The second-order valence-corrected chi connectivity index (χ2v) is 7.05. The summed E-state index contributed by atoms with van der Waals surface area (Å²) < 4.78 is 5.42. The van der Waals surface area contributed by atoms with E-state index in [1.807, 2.05) is 42.5 Å². The Morgan fingerprint density at radius 3 is 2.34 bits per heavy atom. The van der Waals surface area contributed by atoms with Crippen molar-refractivity contribution in [2.75, 3.05) is 50.0 Å². The fraction of sp³-hybridized carbons (Fsp3) is 0.304. The molecule has 0 spiro atoms. The van der Waals surface area contributed by atoms with Gasteiger partial charge in [-0.15, -0.1) is 0 Å². The molecule has 0 aliphatic carbocycles. The SMILES string of the molecule is c1ccc(CNc2nc(NCCN3CCOCC3)cc(-c3ccccc3)n2)cc1. The first-order valence-electron chi connectivity index (χ1n) is 10.1. The minimum Gasteiger partial charge on any atom is -0.379 e. The van der Waals surface area contributed by atoms with Crippen molar-refractivity contribution in [3.63, 3.8) is 0 Å². The van der Waals surface area contributed by atoms with E-state index >= 15 is 0 Å². The predicted octanol–water partition coefficient (Wildman–Crippen LogP) is 3.50. The zero-order chi connectivity index (χ0) is 19.7. The van der Waals surface area contributed by atoms with Crippen LogP contribution in [0.15, 0.2) is 66.7 Å². The minimum absolute atomic E-state index is 0.629. The smallest absolute Gasteiger partial charge is 0.225 e. The highest BCUT2D eigenvalue weighted by Crippen LogP contribution is 2.21. The van der Waals surface area contributed by atoms with Crippen LogP contribution in [-0.4, -0.2) is 54.3 Å². The summed E-state index contributed by atoms with van der Waals surface area (Å²) in [6.07, 6.45) is 0.